The molecule has 0 atom stereocenters. The third-order valence-electron chi connectivity index (χ3n) is 2.68. The normalized spacial score (nSPS) is 10.4. The molecule has 2 nitrogen and oxygen atoms in total. The van der Waals surface area contributed by atoms with Crippen molar-refractivity contribution in [3.8, 4) is 0 Å². The maximum atomic E-state index is 13.1. The lowest BCUT2D eigenvalue weighted by atomic mass is 10.1. The Morgan fingerprint density at radius 2 is 1.80 bits per heavy atom. The molecule has 0 bridgehead atoms. The summed E-state index contributed by atoms with van der Waals surface area (Å²) < 4.78 is 13.9. The average molecular weight is 377 g/mol. The standard InChI is InChI=1S/C14H9BrCl2FNO/c1-7-2-3-8(4-10(7)15)14(20)19-13-11(16)5-9(18)6-12(13)17/h2-6H,1H3,(H,19,20). The molecule has 0 aliphatic carbocycles. The molecule has 0 fully saturated rings. The first-order valence-corrected chi connectivity index (χ1v) is 7.15. The zero-order valence-corrected chi connectivity index (χ0v) is 13.4. The van der Waals surface area contributed by atoms with Crippen molar-refractivity contribution in [1.29, 1.82) is 0 Å². The van der Waals surface area contributed by atoms with Gasteiger partial charge in [0, 0.05) is 10.0 Å². The third-order valence-corrected chi connectivity index (χ3v) is 4.13. The Morgan fingerprint density at radius 3 is 2.35 bits per heavy atom. The fraction of sp³-hybridized carbons (Fsp3) is 0.0714. The number of carbonyl (C=O) groups excluding carboxylic acids is 1. The number of hydrogen-bond donors (Lipinski definition) is 1. The first-order valence-electron chi connectivity index (χ1n) is 5.60. The summed E-state index contributed by atoms with van der Waals surface area (Å²) in [4.78, 5) is 12.1. The minimum atomic E-state index is -0.559. The lowest BCUT2D eigenvalue weighted by Gasteiger charge is -2.10. The molecule has 1 N–H and O–H groups in total. The van der Waals surface area contributed by atoms with Crippen LogP contribution < -0.4 is 5.32 Å². The molecule has 0 aromatic heterocycles. The molecule has 2 rings (SSSR count). The van der Waals surface area contributed by atoms with E-state index in [1.165, 1.54) is 0 Å². The highest BCUT2D eigenvalue weighted by Gasteiger charge is 2.13. The molecule has 0 aliphatic rings. The Hall–Kier alpha value is -1.10. The first-order chi connectivity index (χ1) is 9.38. The van der Waals surface area contributed by atoms with E-state index < -0.39 is 5.82 Å². The van der Waals surface area contributed by atoms with Gasteiger partial charge in [0.15, 0.2) is 0 Å². The molecule has 0 heterocycles. The van der Waals surface area contributed by atoms with Crippen LogP contribution in [0.4, 0.5) is 10.1 Å². The van der Waals surface area contributed by atoms with Gasteiger partial charge in [-0.25, -0.2) is 4.39 Å². The fourth-order valence-electron chi connectivity index (χ4n) is 1.58. The zero-order chi connectivity index (χ0) is 14.9. The van der Waals surface area contributed by atoms with Crippen LogP contribution in [0, 0.1) is 12.7 Å². The van der Waals surface area contributed by atoms with Crippen LogP contribution in [0.5, 0.6) is 0 Å². The van der Waals surface area contributed by atoms with Crippen LogP contribution in [0.25, 0.3) is 0 Å². The summed E-state index contributed by atoms with van der Waals surface area (Å²) >= 11 is 15.1. The Morgan fingerprint density at radius 1 is 1.20 bits per heavy atom. The highest BCUT2D eigenvalue weighted by molar-refractivity contribution is 9.10. The highest BCUT2D eigenvalue weighted by atomic mass is 79.9. The predicted molar refractivity (Wildman–Crippen MR) is 83.3 cm³/mol. The smallest absolute Gasteiger partial charge is 0.255 e. The number of rotatable bonds is 2. The minimum absolute atomic E-state index is 0.0505. The Balaban J connectivity index is 2.30. The summed E-state index contributed by atoms with van der Waals surface area (Å²) in [5.74, 6) is -0.933. The van der Waals surface area contributed by atoms with Crippen molar-refractivity contribution in [3.63, 3.8) is 0 Å². The highest BCUT2D eigenvalue weighted by Crippen LogP contribution is 2.32. The molecule has 2 aromatic rings. The Labute approximate surface area is 134 Å². The predicted octanol–water partition coefficient (Wildman–Crippen LogP) is 5.46. The average Bonchev–Trinajstić information content (AvgIpc) is 2.36. The molecule has 6 heteroatoms. The number of nitrogens with one attached hydrogen (secondary N) is 1. The second-order valence-corrected chi connectivity index (χ2v) is 5.83. The molecular formula is C14H9BrCl2FNO. The van der Waals surface area contributed by atoms with Crippen LogP contribution in [-0.4, -0.2) is 5.91 Å². The van der Waals surface area contributed by atoms with Gasteiger partial charge in [-0.05, 0) is 36.8 Å². The van der Waals surface area contributed by atoms with E-state index in [0.29, 0.717) is 5.56 Å². The molecule has 0 aliphatic heterocycles. The maximum Gasteiger partial charge on any atom is 0.255 e. The van der Waals surface area contributed by atoms with Gasteiger partial charge in [-0.15, -0.1) is 0 Å². The number of benzene rings is 2. The van der Waals surface area contributed by atoms with E-state index in [1.54, 1.807) is 12.1 Å². The third kappa shape index (κ3) is 3.32. The largest absolute Gasteiger partial charge is 0.319 e. The molecule has 0 saturated carbocycles. The van der Waals surface area contributed by atoms with E-state index in [4.69, 9.17) is 23.2 Å². The number of aryl methyl sites for hydroxylation is 1. The van der Waals surface area contributed by atoms with Gasteiger partial charge in [-0.1, -0.05) is 45.2 Å². The lowest BCUT2D eigenvalue weighted by molar-refractivity contribution is 0.102. The monoisotopic (exact) mass is 375 g/mol. The van der Waals surface area contributed by atoms with E-state index in [-0.39, 0.29) is 21.6 Å². The van der Waals surface area contributed by atoms with Gasteiger partial charge in [0.2, 0.25) is 0 Å². The Bertz CT molecular complexity index is 668. The minimum Gasteiger partial charge on any atom is -0.319 e. The van der Waals surface area contributed by atoms with Crippen LogP contribution in [0.3, 0.4) is 0 Å². The second kappa shape index (κ2) is 6.12. The Kier molecular flexibility index (Phi) is 4.68. The van der Waals surface area contributed by atoms with Gasteiger partial charge >= 0.3 is 0 Å². The zero-order valence-electron chi connectivity index (χ0n) is 10.3. The topological polar surface area (TPSA) is 29.1 Å². The van der Waals surface area contributed by atoms with Crippen molar-refractivity contribution < 1.29 is 9.18 Å². The van der Waals surface area contributed by atoms with E-state index in [2.05, 4.69) is 21.2 Å². The fourth-order valence-corrected chi connectivity index (χ4v) is 2.52. The van der Waals surface area contributed by atoms with E-state index in [0.717, 1.165) is 22.2 Å². The summed E-state index contributed by atoms with van der Waals surface area (Å²) in [6, 6.07) is 7.37. The molecular weight excluding hydrogens is 368 g/mol. The molecule has 0 saturated heterocycles. The van der Waals surface area contributed by atoms with Crippen molar-refractivity contribution in [2.75, 3.05) is 5.32 Å². The van der Waals surface area contributed by atoms with Crippen molar-refractivity contribution in [3.05, 3.63) is 61.8 Å². The summed E-state index contributed by atoms with van der Waals surface area (Å²) in [7, 11) is 0. The molecule has 2 aromatic carbocycles. The van der Waals surface area contributed by atoms with Crippen LogP contribution in [0.2, 0.25) is 10.0 Å². The number of carbonyl (C=O) groups is 1. The van der Waals surface area contributed by atoms with Gasteiger partial charge in [-0.2, -0.15) is 0 Å². The van der Waals surface area contributed by atoms with Gasteiger partial charge in [0.1, 0.15) is 5.82 Å². The van der Waals surface area contributed by atoms with Crippen LogP contribution in [0.1, 0.15) is 15.9 Å². The van der Waals surface area contributed by atoms with E-state index in [1.807, 2.05) is 13.0 Å². The van der Waals surface area contributed by atoms with Crippen LogP contribution in [-0.2, 0) is 0 Å². The van der Waals surface area contributed by atoms with Crippen molar-refractivity contribution >= 4 is 50.7 Å². The van der Waals surface area contributed by atoms with Gasteiger partial charge in [0.05, 0.1) is 15.7 Å². The van der Waals surface area contributed by atoms with Gasteiger partial charge in [-0.3, -0.25) is 4.79 Å². The summed E-state index contributed by atoms with van der Waals surface area (Å²) in [6.45, 7) is 1.92. The SMILES string of the molecule is Cc1ccc(C(=O)Nc2c(Cl)cc(F)cc2Cl)cc1Br. The van der Waals surface area contributed by atoms with Gasteiger partial charge < -0.3 is 5.32 Å². The van der Waals surface area contributed by atoms with Crippen LogP contribution >= 0.6 is 39.1 Å². The molecule has 0 spiro atoms. The maximum absolute atomic E-state index is 13.1. The molecule has 104 valence electrons. The van der Waals surface area contributed by atoms with E-state index in [9.17, 15) is 9.18 Å². The van der Waals surface area contributed by atoms with Gasteiger partial charge in [0.25, 0.3) is 5.91 Å². The van der Waals surface area contributed by atoms with Crippen molar-refractivity contribution in [1.82, 2.24) is 0 Å². The number of halogens is 4. The quantitative estimate of drug-likeness (QED) is 0.741. The number of amides is 1. The lowest BCUT2D eigenvalue weighted by Crippen LogP contribution is -2.12. The summed E-state index contributed by atoms with van der Waals surface area (Å²) in [5, 5.41) is 2.68. The second-order valence-electron chi connectivity index (χ2n) is 4.16. The molecule has 20 heavy (non-hydrogen) atoms. The molecule has 0 unspecified atom stereocenters. The summed E-state index contributed by atoms with van der Waals surface area (Å²) in [5.41, 5.74) is 1.65. The van der Waals surface area contributed by atoms with Crippen molar-refractivity contribution in [2.45, 2.75) is 6.92 Å². The molecule has 1 amide bonds. The van der Waals surface area contributed by atoms with Crippen molar-refractivity contribution in [2.24, 2.45) is 0 Å². The van der Waals surface area contributed by atoms with Crippen LogP contribution in [0.15, 0.2) is 34.8 Å². The number of hydrogen-bond acceptors (Lipinski definition) is 1. The first kappa shape index (κ1) is 15.3. The summed E-state index contributed by atoms with van der Waals surface area (Å²) in [6.07, 6.45) is 0. The molecule has 0 radical (unpaired) electrons. The number of anilines is 1. The van der Waals surface area contributed by atoms with E-state index >= 15 is 0 Å².